The molecule has 1 amide bonds. The summed E-state index contributed by atoms with van der Waals surface area (Å²) < 4.78 is 2.01. The second-order valence-corrected chi connectivity index (χ2v) is 7.23. The number of likely N-dealkylation sites (tertiary alicyclic amines) is 1. The van der Waals surface area contributed by atoms with Crippen LogP contribution in [0.3, 0.4) is 0 Å². The highest BCUT2D eigenvalue weighted by Gasteiger charge is 2.24. The van der Waals surface area contributed by atoms with Crippen molar-refractivity contribution in [3.8, 4) is 11.4 Å². The molecule has 1 aromatic carbocycles. The maximum atomic E-state index is 12.6. The van der Waals surface area contributed by atoms with Gasteiger partial charge in [-0.3, -0.25) is 9.36 Å². The molecule has 0 N–H and O–H groups in total. The Balaban J connectivity index is 1.73. The zero-order valence-electron chi connectivity index (χ0n) is 14.6. The third kappa shape index (κ3) is 4.12. The Morgan fingerprint density at radius 3 is 2.84 bits per heavy atom. The monoisotopic (exact) mass is 356 g/mol. The number of nitrogens with zero attached hydrogens (tertiary/aromatic N) is 4. The molecule has 1 aromatic heterocycles. The van der Waals surface area contributed by atoms with Crippen molar-refractivity contribution in [1.82, 2.24) is 19.7 Å². The van der Waals surface area contributed by atoms with E-state index in [1.54, 1.807) is 0 Å². The zero-order chi connectivity index (χ0) is 17.6. The van der Waals surface area contributed by atoms with Gasteiger partial charge in [-0.1, -0.05) is 48.2 Å². The molecule has 25 heavy (non-hydrogen) atoms. The number of piperidine rings is 1. The lowest BCUT2D eigenvalue weighted by molar-refractivity contribution is -0.131. The maximum Gasteiger partial charge on any atom is 0.233 e. The smallest absolute Gasteiger partial charge is 0.233 e. The number of hydrogen-bond acceptors (Lipinski definition) is 4. The van der Waals surface area contributed by atoms with Crippen molar-refractivity contribution in [3.63, 3.8) is 0 Å². The lowest BCUT2D eigenvalue weighted by atomic mass is 10.0. The van der Waals surface area contributed by atoms with Gasteiger partial charge in [0.05, 0.1) is 5.75 Å². The zero-order valence-corrected chi connectivity index (χ0v) is 15.4. The molecule has 2 heterocycles. The molecule has 0 aliphatic carbocycles. The van der Waals surface area contributed by atoms with Gasteiger partial charge in [0.25, 0.3) is 0 Å². The summed E-state index contributed by atoms with van der Waals surface area (Å²) in [5, 5.41) is 9.40. The number of aromatic nitrogens is 3. The third-order valence-electron chi connectivity index (χ3n) is 4.51. The molecule has 3 rings (SSSR count). The van der Waals surface area contributed by atoms with Gasteiger partial charge in [-0.05, 0) is 26.2 Å². The average molecular weight is 356 g/mol. The molecular formula is C19H24N4OS. The largest absolute Gasteiger partial charge is 0.339 e. The first-order valence-electron chi connectivity index (χ1n) is 8.72. The number of rotatable bonds is 6. The van der Waals surface area contributed by atoms with Crippen molar-refractivity contribution in [3.05, 3.63) is 43.0 Å². The Morgan fingerprint density at radius 1 is 1.32 bits per heavy atom. The molecular weight excluding hydrogens is 332 g/mol. The van der Waals surface area contributed by atoms with E-state index in [9.17, 15) is 4.79 Å². The number of benzene rings is 1. The van der Waals surface area contributed by atoms with Gasteiger partial charge in [-0.15, -0.1) is 16.8 Å². The van der Waals surface area contributed by atoms with Crippen LogP contribution in [-0.4, -0.2) is 43.9 Å². The summed E-state index contributed by atoms with van der Waals surface area (Å²) in [6.45, 7) is 7.45. The number of allylic oxidation sites excluding steroid dienone is 1. The standard InChI is InChI=1S/C19H24N4OS/c1-3-12-23-18(16-10-5-4-6-11-16)20-21-19(23)25-14-17(24)22-13-8-7-9-15(22)2/h3-6,10-11,15H,1,7-9,12-14H2,2H3. The van der Waals surface area contributed by atoms with Crippen molar-refractivity contribution < 1.29 is 4.79 Å². The first-order valence-corrected chi connectivity index (χ1v) is 9.71. The average Bonchev–Trinajstić information content (AvgIpc) is 3.04. The molecule has 1 saturated heterocycles. The van der Waals surface area contributed by atoms with E-state index in [0.717, 1.165) is 35.9 Å². The van der Waals surface area contributed by atoms with Crippen LogP contribution in [0.25, 0.3) is 11.4 Å². The van der Waals surface area contributed by atoms with E-state index in [-0.39, 0.29) is 5.91 Å². The number of thioether (sulfide) groups is 1. The fourth-order valence-corrected chi connectivity index (χ4v) is 4.00. The van der Waals surface area contributed by atoms with E-state index in [2.05, 4.69) is 23.7 Å². The summed E-state index contributed by atoms with van der Waals surface area (Å²) in [4.78, 5) is 14.6. The normalized spacial score (nSPS) is 17.5. The molecule has 1 aliphatic heterocycles. The van der Waals surface area contributed by atoms with Crippen molar-refractivity contribution in [1.29, 1.82) is 0 Å². The Kier molecular flexibility index (Phi) is 5.91. The minimum Gasteiger partial charge on any atom is -0.339 e. The van der Waals surface area contributed by atoms with Gasteiger partial charge in [0, 0.05) is 24.7 Å². The fourth-order valence-electron chi connectivity index (χ4n) is 3.17. The summed E-state index contributed by atoms with van der Waals surface area (Å²) in [6.07, 6.45) is 5.24. The van der Waals surface area contributed by atoms with Gasteiger partial charge >= 0.3 is 0 Å². The van der Waals surface area contributed by atoms with Crippen molar-refractivity contribution in [2.45, 2.75) is 43.9 Å². The minimum atomic E-state index is 0.187. The third-order valence-corrected chi connectivity index (χ3v) is 5.46. The fraction of sp³-hybridized carbons (Fsp3) is 0.421. The predicted octanol–water partition coefficient (Wildman–Crippen LogP) is 3.62. The quantitative estimate of drug-likeness (QED) is 0.586. The number of hydrogen-bond donors (Lipinski definition) is 0. The lowest BCUT2D eigenvalue weighted by Gasteiger charge is -2.33. The summed E-state index contributed by atoms with van der Waals surface area (Å²) in [7, 11) is 0. The second-order valence-electron chi connectivity index (χ2n) is 6.29. The van der Waals surface area contributed by atoms with Crippen LogP contribution in [0.2, 0.25) is 0 Å². The molecule has 0 saturated carbocycles. The van der Waals surface area contributed by atoms with Gasteiger partial charge in [0.1, 0.15) is 0 Å². The van der Waals surface area contributed by atoms with Crippen molar-refractivity contribution >= 4 is 17.7 Å². The molecule has 1 fully saturated rings. The van der Waals surface area contributed by atoms with Crippen LogP contribution in [0.15, 0.2) is 48.1 Å². The lowest BCUT2D eigenvalue weighted by Crippen LogP contribution is -2.43. The number of carbonyl (C=O) groups excluding carboxylic acids is 1. The molecule has 5 nitrogen and oxygen atoms in total. The summed E-state index contributed by atoms with van der Waals surface area (Å²) in [5.74, 6) is 1.39. The van der Waals surface area contributed by atoms with Crippen LogP contribution in [-0.2, 0) is 11.3 Å². The van der Waals surface area contributed by atoms with Crippen LogP contribution < -0.4 is 0 Å². The molecule has 2 aromatic rings. The molecule has 0 radical (unpaired) electrons. The molecule has 1 atom stereocenters. The van der Waals surface area contributed by atoms with Gasteiger partial charge in [-0.2, -0.15) is 0 Å². The van der Waals surface area contributed by atoms with E-state index in [4.69, 9.17) is 0 Å². The summed E-state index contributed by atoms with van der Waals surface area (Å²) in [6, 6.07) is 10.3. The Bertz CT molecular complexity index is 728. The Labute approximate surface area is 153 Å². The van der Waals surface area contributed by atoms with Gasteiger partial charge in [0.15, 0.2) is 11.0 Å². The van der Waals surface area contributed by atoms with Crippen molar-refractivity contribution in [2.75, 3.05) is 12.3 Å². The van der Waals surface area contributed by atoms with Gasteiger partial charge in [0.2, 0.25) is 5.91 Å². The number of carbonyl (C=O) groups is 1. The van der Waals surface area contributed by atoms with Crippen LogP contribution >= 0.6 is 11.8 Å². The predicted molar refractivity (Wildman–Crippen MR) is 101 cm³/mol. The highest BCUT2D eigenvalue weighted by molar-refractivity contribution is 7.99. The topological polar surface area (TPSA) is 51.0 Å². The van der Waals surface area contributed by atoms with Crippen LogP contribution in [0.1, 0.15) is 26.2 Å². The van der Waals surface area contributed by atoms with Crippen LogP contribution in [0, 0.1) is 0 Å². The van der Waals surface area contributed by atoms with Crippen molar-refractivity contribution in [2.24, 2.45) is 0 Å². The molecule has 0 bridgehead atoms. The highest BCUT2D eigenvalue weighted by atomic mass is 32.2. The van der Waals surface area contributed by atoms with E-state index >= 15 is 0 Å². The second kappa shape index (κ2) is 8.34. The van der Waals surface area contributed by atoms with Crippen LogP contribution in [0.4, 0.5) is 0 Å². The molecule has 6 heteroatoms. The Morgan fingerprint density at radius 2 is 2.12 bits per heavy atom. The molecule has 132 valence electrons. The van der Waals surface area contributed by atoms with E-state index in [0.29, 0.717) is 18.3 Å². The SMILES string of the molecule is C=CCn1c(SCC(=O)N2CCCCC2C)nnc1-c1ccccc1. The first kappa shape index (κ1) is 17.7. The van der Waals surface area contributed by atoms with E-state index in [1.165, 1.54) is 18.2 Å². The van der Waals surface area contributed by atoms with E-state index in [1.807, 2.05) is 45.9 Å². The highest BCUT2D eigenvalue weighted by Crippen LogP contribution is 2.25. The van der Waals surface area contributed by atoms with Gasteiger partial charge < -0.3 is 4.90 Å². The molecule has 0 spiro atoms. The minimum absolute atomic E-state index is 0.187. The maximum absolute atomic E-state index is 12.6. The molecule has 1 aliphatic rings. The van der Waals surface area contributed by atoms with Crippen LogP contribution in [0.5, 0.6) is 0 Å². The first-order chi connectivity index (χ1) is 12.2. The van der Waals surface area contributed by atoms with E-state index < -0.39 is 0 Å². The molecule has 1 unspecified atom stereocenters. The van der Waals surface area contributed by atoms with Gasteiger partial charge in [-0.25, -0.2) is 0 Å². The number of amides is 1. The summed E-state index contributed by atoms with van der Waals surface area (Å²) in [5.41, 5.74) is 1.01. The Hall–Kier alpha value is -2.08. The summed E-state index contributed by atoms with van der Waals surface area (Å²) >= 11 is 1.46.